The average molecular weight is 561 g/mol. The Bertz CT molecular complexity index is 1670. The molecule has 0 unspecified atom stereocenters. The number of halogens is 2. The fourth-order valence-corrected chi connectivity index (χ4v) is 5.55. The summed E-state index contributed by atoms with van der Waals surface area (Å²) in [6.07, 6.45) is 6.59. The predicted octanol–water partition coefficient (Wildman–Crippen LogP) is 4.19. The van der Waals surface area contributed by atoms with E-state index in [1.165, 1.54) is 30.6 Å². The number of hydroxylamine groups is 1. The number of carbonyl (C=O) groups is 1. The summed E-state index contributed by atoms with van der Waals surface area (Å²) in [5, 5.41) is 3.38. The van der Waals surface area contributed by atoms with Crippen LogP contribution in [0.5, 0.6) is 0 Å². The van der Waals surface area contributed by atoms with E-state index in [-0.39, 0.29) is 29.9 Å². The van der Waals surface area contributed by atoms with Gasteiger partial charge in [0.15, 0.2) is 5.65 Å². The summed E-state index contributed by atoms with van der Waals surface area (Å²) in [5.41, 5.74) is 7.10. The van der Waals surface area contributed by atoms with Gasteiger partial charge in [-0.15, -0.1) is 0 Å². The number of hydrogen-bond donors (Lipinski definition) is 2. The van der Waals surface area contributed by atoms with Crippen LogP contribution >= 0.6 is 0 Å². The molecule has 2 aliphatic rings. The first-order valence-electron chi connectivity index (χ1n) is 13.6. The van der Waals surface area contributed by atoms with Gasteiger partial charge in [-0.05, 0) is 66.6 Å². The van der Waals surface area contributed by atoms with Crippen LogP contribution in [0.2, 0.25) is 0 Å². The highest BCUT2D eigenvalue weighted by Crippen LogP contribution is 2.28. The van der Waals surface area contributed by atoms with Crippen molar-refractivity contribution in [2.45, 2.75) is 38.0 Å². The highest BCUT2D eigenvalue weighted by molar-refractivity contribution is 5.96. The number of aryl methyl sites for hydroxylation is 2. The molecule has 1 aliphatic carbocycles. The predicted molar refractivity (Wildman–Crippen MR) is 151 cm³/mol. The van der Waals surface area contributed by atoms with Crippen LogP contribution in [-0.4, -0.2) is 58.0 Å². The second kappa shape index (κ2) is 11.0. The molecule has 3 heterocycles. The number of hydrogen-bond acceptors (Lipinski definition) is 7. The molecule has 2 N–H and O–H groups in total. The van der Waals surface area contributed by atoms with Crippen LogP contribution in [0, 0.1) is 0 Å². The van der Waals surface area contributed by atoms with Crippen molar-refractivity contribution in [1.82, 2.24) is 24.9 Å². The zero-order valence-electron chi connectivity index (χ0n) is 22.6. The maximum Gasteiger partial charge on any atom is 0.280 e. The quantitative estimate of drug-likeness (QED) is 0.312. The molecule has 11 heteroatoms. The van der Waals surface area contributed by atoms with E-state index in [0.717, 1.165) is 36.2 Å². The van der Waals surface area contributed by atoms with Gasteiger partial charge in [-0.1, -0.05) is 18.2 Å². The topological polar surface area (TPSA) is 101 Å². The molecule has 6 rings (SSSR count). The van der Waals surface area contributed by atoms with E-state index in [9.17, 15) is 18.4 Å². The normalized spacial score (nSPS) is 16.2. The minimum Gasteiger partial charge on any atom is -0.324 e. The second-order valence-corrected chi connectivity index (χ2v) is 10.6. The van der Waals surface area contributed by atoms with Crippen molar-refractivity contribution in [3.05, 3.63) is 87.3 Å². The van der Waals surface area contributed by atoms with Crippen LogP contribution in [0.25, 0.3) is 16.7 Å². The van der Waals surface area contributed by atoms with Gasteiger partial charge in [-0.3, -0.25) is 19.3 Å². The Morgan fingerprint density at radius 1 is 1.12 bits per heavy atom. The first kappa shape index (κ1) is 27.0. The van der Waals surface area contributed by atoms with Crippen molar-refractivity contribution in [2.75, 3.05) is 32.1 Å². The Morgan fingerprint density at radius 3 is 2.68 bits per heavy atom. The Morgan fingerprint density at radius 2 is 1.93 bits per heavy atom. The number of rotatable bonds is 8. The van der Waals surface area contributed by atoms with E-state index >= 15 is 0 Å². The fraction of sp³-hybridized carbons (Fsp3) is 0.333. The van der Waals surface area contributed by atoms with E-state index < -0.39 is 17.3 Å². The molecule has 2 aromatic carbocycles. The van der Waals surface area contributed by atoms with Crippen molar-refractivity contribution in [3.8, 4) is 5.69 Å². The van der Waals surface area contributed by atoms with Gasteiger partial charge in [0.25, 0.3) is 11.8 Å². The molecule has 0 atom stereocenters. The van der Waals surface area contributed by atoms with Gasteiger partial charge in [0, 0.05) is 43.3 Å². The smallest absolute Gasteiger partial charge is 0.280 e. The first-order valence-corrected chi connectivity index (χ1v) is 13.6. The number of amides is 1. The van der Waals surface area contributed by atoms with Crippen LogP contribution < -0.4 is 16.2 Å². The van der Waals surface area contributed by atoms with Gasteiger partial charge in [0.05, 0.1) is 19.0 Å². The lowest BCUT2D eigenvalue weighted by atomic mass is 10.1. The Labute approximate surface area is 235 Å². The van der Waals surface area contributed by atoms with Gasteiger partial charge in [0.1, 0.15) is 5.56 Å². The Kier molecular flexibility index (Phi) is 7.22. The third-order valence-corrected chi connectivity index (χ3v) is 7.72. The second-order valence-electron chi connectivity index (χ2n) is 10.6. The van der Waals surface area contributed by atoms with E-state index in [4.69, 9.17) is 4.84 Å². The minimum atomic E-state index is -2.59. The number of fused-ring (bicyclic) bond motifs is 2. The summed E-state index contributed by atoms with van der Waals surface area (Å²) in [7, 11) is 1.31. The first-order chi connectivity index (χ1) is 19.8. The highest BCUT2D eigenvalue weighted by atomic mass is 19.3. The largest absolute Gasteiger partial charge is 0.324 e. The number of nitrogens with zero attached hydrogens (tertiary/aromatic N) is 4. The molecule has 1 fully saturated rings. The molecule has 0 bridgehead atoms. The third-order valence-electron chi connectivity index (χ3n) is 7.72. The van der Waals surface area contributed by atoms with Crippen molar-refractivity contribution < 1.29 is 18.4 Å². The molecule has 0 saturated carbocycles. The summed E-state index contributed by atoms with van der Waals surface area (Å²) in [4.78, 5) is 41.4. The maximum absolute atomic E-state index is 13.5. The summed E-state index contributed by atoms with van der Waals surface area (Å²) >= 11 is 0. The van der Waals surface area contributed by atoms with E-state index in [1.807, 2.05) is 30.3 Å². The van der Waals surface area contributed by atoms with Crippen LogP contribution in [0.4, 0.5) is 20.4 Å². The van der Waals surface area contributed by atoms with Crippen molar-refractivity contribution in [2.24, 2.45) is 0 Å². The minimum absolute atomic E-state index is 0.0798. The van der Waals surface area contributed by atoms with Crippen LogP contribution in [0.15, 0.2) is 59.7 Å². The number of anilines is 2. The Hall–Kier alpha value is -4.22. The molecule has 41 heavy (non-hydrogen) atoms. The number of benzene rings is 2. The number of nitrogens with one attached hydrogen (secondary N) is 2. The maximum atomic E-state index is 13.5. The molecule has 212 valence electrons. The van der Waals surface area contributed by atoms with E-state index in [1.54, 1.807) is 9.47 Å². The van der Waals surface area contributed by atoms with E-state index in [2.05, 4.69) is 32.9 Å². The molecule has 1 amide bonds. The number of alkyl halides is 2. The van der Waals surface area contributed by atoms with Gasteiger partial charge < -0.3 is 9.88 Å². The highest BCUT2D eigenvalue weighted by Gasteiger charge is 2.37. The zero-order valence-corrected chi connectivity index (χ0v) is 22.6. The SMILES string of the molecule is CONC(=O)c1cn(-c2ccc3c(c2)CCC3)c2nc(Nc3ccc(CCN4CCC(F)(F)C4)cc3)ncc2c1=O. The lowest BCUT2D eigenvalue weighted by molar-refractivity contribution is 0.0123. The molecule has 1 saturated heterocycles. The molecule has 4 aromatic rings. The molecule has 9 nitrogen and oxygen atoms in total. The molecule has 2 aromatic heterocycles. The van der Waals surface area contributed by atoms with Gasteiger partial charge in [-0.2, -0.15) is 4.98 Å². The van der Waals surface area contributed by atoms with Gasteiger partial charge in [-0.25, -0.2) is 19.2 Å². The molecule has 1 aliphatic heterocycles. The molecule has 0 radical (unpaired) electrons. The lowest BCUT2D eigenvalue weighted by Gasteiger charge is -2.16. The van der Waals surface area contributed by atoms with Gasteiger partial charge in [0.2, 0.25) is 11.4 Å². The Balaban J connectivity index is 1.28. The summed E-state index contributed by atoms with van der Waals surface area (Å²) in [6.45, 7) is 0.822. The molecule has 0 spiro atoms. The lowest BCUT2D eigenvalue weighted by Crippen LogP contribution is -2.29. The number of pyridine rings is 1. The monoisotopic (exact) mass is 560 g/mol. The van der Waals surface area contributed by atoms with Crippen molar-refractivity contribution in [3.63, 3.8) is 0 Å². The van der Waals surface area contributed by atoms with Gasteiger partial charge >= 0.3 is 0 Å². The standard InChI is InChI=1S/C30H30F2N6O3/c1-41-36-28(40)25-17-38(23-10-7-20-3-2-4-21(20)15-23)27-24(26(25)39)16-33-29(35-27)34-22-8-5-19(6-9-22)11-13-37-14-12-30(31,32)18-37/h5-10,15-17H,2-4,11-14,18H2,1H3,(H,36,40)(H,33,34,35). The molecular formula is C30H30F2N6O3. The van der Waals surface area contributed by atoms with E-state index in [0.29, 0.717) is 25.2 Å². The zero-order chi connectivity index (χ0) is 28.6. The van der Waals surface area contributed by atoms with Crippen molar-refractivity contribution >= 4 is 28.6 Å². The summed E-state index contributed by atoms with van der Waals surface area (Å²) < 4.78 is 28.6. The summed E-state index contributed by atoms with van der Waals surface area (Å²) in [5.74, 6) is -2.96. The third kappa shape index (κ3) is 5.68. The van der Waals surface area contributed by atoms with Crippen LogP contribution in [0.1, 0.15) is 39.9 Å². The van der Waals surface area contributed by atoms with Crippen LogP contribution in [-0.2, 0) is 24.1 Å². The average Bonchev–Trinajstić information content (AvgIpc) is 3.58. The number of aromatic nitrogens is 3. The number of carbonyl (C=O) groups excluding carboxylic acids is 1. The molecular weight excluding hydrogens is 530 g/mol. The summed E-state index contributed by atoms with van der Waals surface area (Å²) in [6, 6.07) is 13.8. The number of likely N-dealkylation sites (tertiary alicyclic amines) is 1. The van der Waals surface area contributed by atoms with Crippen LogP contribution in [0.3, 0.4) is 0 Å². The van der Waals surface area contributed by atoms with Crippen molar-refractivity contribution in [1.29, 1.82) is 0 Å². The fourth-order valence-electron chi connectivity index (χ4n) is 5.55.